The number of aromatic nitrogens is 2. The molecule has 0 saturated heterocycles. The molecular formula is C29H22ClN3O4. The molecule has 7 nitrogen and oxygen atoms in total. The summed E-state index contributed by atoms with van der Waals surface area (Å²) in [6.45, 7) is 1.30. The van der Waals surface area contributed by atoms with E-state index in [1.807, 2.05) is 31.2 Å². The zero-order chi connectivity index (χ0) is 26.1. The van der Waals surface area contributed by atoms with Gasteiger partial charge in [0, 0.05) is 34.1 Å². The Morgan fingerprint density at radius 1 is 0.946 bits per heavy atom. The van der Waals surface area contributed by atoms with Crippen LogP contribution in [0.15, 0.2) is 83.7 Å². The van der Waals surface area contributed by atoms with Crippen LogP contribution in [0.4, 0.5) is 5.69 Å². The fourth-order valence-electron chi connectivity index (χ4n) is 4.41. The molecule has 0 bridgehead atoms. The van der Waals surface area contributed by atoms with E-state index in [1.54, 1.807) is 54.6 Å². The van der Waals surface area contributed by atoms with Crippen LogP contribution in [-0.2, 0) is 16.6 Å². The van der Waals surface area contributed by atoms with Crippen LogP contribution in [0.25, 0.3) is 32.8 Å². The lowest BCUT2D eigenvalue weighted by Crippen LogP contribution is -2.28. The van der Waals surface area contributed by atoms with Crippen molar-refractivity contribution in [3.63, 3.8) is 0 Å². The number of anilines is 1. The van der Waals surface area contributed by atoms with E-state index in [2.05, 4.69) is 10.3 Å². The number of rotatable bonds is 5. The first-order chi connectivity index (χ1) is 17.8. The van der Waals surface area contributed by atoms with Crippen molar-refractivity contribution >= 4 is 50.8 Å². The van der Waals surface area contributed by atoms with E-state index in [0.29, 0.717) is 32.6 Å². The van der Waals surface area contributed by atoms with Crippen molar-refractivity contribution in [1.29, 1.82) is 0 Å². The molecule has 0 fully saturated rings. The van der Waals surface area contributed by atoms with Gasteiger partial charge in [0.25, 0.3) is 11.5 Å². The summed E-state index contributed by atoms with van der Waals surface area (Å²) in [7, 11) is 1.51. The highest BCUT2D eigenvalue weighted by Crippen LogP contribution is 2.32. The second-order valence-corrected chi connectivity index (χ2v) is 9.03. The van der Waals surface area contributed by atoms with Crippen LogP contribution >= 0.6 is 11.6 Å². The number of carbonyl (C=O) groups excluding carboxylic acids is 2. The molecule has 1 N–H and O–H groups in total. The van der Waals surface area contributed by atoms with Gasteiger partial charge in [-0.25, -0.2) is 4.79 Å². The van der Waals surface area contributed by atoms with Gasteiger partial charge < -0.3 is 14.6 Å². The highest BCUT2D eigenvalue weighted by Gasteiger charge is 2.23. The Hall–Kier alpha value is -4.49. The number of hydrogen-bond donors (Lipinski definition) is 1. The molecule has 3 aromatic carbocycles. The van der Waals surface area contributed by atoms with Crippen LogP contribution in [0, 0.1) is 6.92 Å². The number of esters is 1. The quantitative estimate of drug-likeness (QED) is 0.314. The van der Waals surface area contributed by atoms with Gasteiger partial charge in [-0.05, 0) is 48.2 Å². The van der Waals surface area contributed by atoms with E-state index in [-0.39, 0.29) is 11.3 Å². The van der Waals surface area contributed by atoms with E-state index >= 15 is 0 Å². The van der Waals surface area contributed by atoms with E-state index in [1.165, 1.54) is 11.6 Å². The van der Waals surface area contributed by atoms with Gasteiger partial charge in [-0.2, -0.15) is 0 Å². The molecule has 0 aliphatic rings. The van der Waals surface area contributed by atoms with Crippen LogP contribution in [0.1, 0.15) is 16.2 Å². The molecule has 0 spiro atoms. The number of hydrogen-bond acceptors (Lipinski definition) is 5. The smallest absolute Gasteiger partial charge is 0.356 e. The van der Waals surface area contributed by atoms with Crippen molar-refractivity contribution in [2.45, 2.75) is 6.92 Å². The molecule has 8 heteroatoms. The standard InChI is InChI=1S/C29H22ClN3O4/c1-17-15-24(22-9-5-6-10-23(22)31-17)32-25(34)16-37-29(36)27-26(18-11-13-19(30)14-12-18)20-7-3-4-8-21(20)28(35)33(27)2/h3-15H,16H2,1-2H3,(H,31,32,34). The lowest BCUT2D eigenvalue weighted by Gasteiger charge is -2.17. The topological polar surface area (TPSA) is 90.3 Å². The Kier molecular flexibility index (Phi) is 6.46. The van der Waals surface area contributed by atoms with Crippen molar-refractivity contribution in [2.24, 2.45) is 7.05 Å². The number of nitrogens with one attached hydrogen (secondary N) is 1. The maximum Gasteiger partial charge on any atom is 0.356 e. The molecule has 5 rings (SSSR count). The maximum atomic E-state index is 13.3. The predicted molar refractivity (Wildman–Crippen MR) is 145 cm³/mol. The molecule has 184 valence electrons. The monoisotopic (exact) mass is 511 g/mol. The van der Waals surface area contributed by atoms with Gasteiger partial charge in [0.15, 0.2) is 6.61 Å². The summed E-state index contributed by atoms with van der Waals surface area (Å²) in [4.78, 5) is 43.7. The van der Waals surface area contributed by atoms with Crippen LogP contribution in [0.5, 0.6) is 0 Å². The third kappa shape index (κ3) is 4.69. The molecular weight excluding hydrogens is 490 g/mol. The summed E-state index contributed by atoms with van der Waals surface area (Å²) in [6, 6.07) is 23.2. The molecule has 0 saturated carbocycles. The van der Waals surface area contributed by atoms with E-state index < -0.39 is 18.5 Å². The van der Waals surface area contributed by atoms with Gasteiger partial charge >= 0.3 is 5.97 Å². The Bertz CT molecular complexity index is 1740. The van der Waals surface area contributed by atoms with E-state index in [4.69, 9.17) is 16.3 Å². The minimum absolute atomic E-state index is 0.0454. The van der Waals surface area contributed by atoms with Crippen LogP contribution in [0.3, 0.4) is 0 Å². The predicted octanol–water partition coefficient (Wildman–Crippen LogP) is 5.51. The molecule has 1 amide bonds. The zero-order valence-corrected chi connectivity index (χ0v) is 20.9. The molecule has 0 aliphatic heterocycles. The molecule has 0 unspecified atom stereocenters. The van der Waals surface area contributed by atoms with Crippen LogP contribution < -0.4 is 10.9 Å². The van der Waals surface area contributed by atoms with Crippen molar-refractivity contribution in [3.05, 3.63) is 106 Å². The number of pyridine rings is 2. The van der Waals surface area contributed by atoms with Gasteiger partial charge in [-0.1, -0.05) is 60.1 Å². The molecule has 0 atom stereocenters. The second kappa shape index (κ2) is 9.87. The van der Waals surface area contributed by atoms with Gasteiger partial charge in [0.2, 0.25) is 0 Å². The summed E-state index contributed by atoms with van der Waals surface area (Å²) in [5.74, 6) is -1.30. The maximum absolute atomic E-state index is 13.3. The number of fused-ring (bicyclic) bond motifs is 2. The number of aryl methyl sites for hydroxylation is 1. The summed E-state index contributed by atoms with van der Waals surface area (Å²) in [5.41, 5.74) is 2.97. The first-order valence-corrected chi connectivity index (χ1v) is 11.9. The van der Waals surface area contributed by atoms with Crippen molar-refractivity contribution < 1.29 is 14.3 Å². The molecule has 0 aliphatic carbocycles. The number of benzene rings is 3. The first-order valence-electron chi connectivity index (χ1n) is 11.5. The number of amides is 1. The van der Waals surface area contributed by atoms with Gasteiger partial charge in [-0.15, -0.1) is 0 Å². The highest BCUT2D eigenvalue weighted by molar-refractivity contribution is 6.30. The molecule has 2 aromatic heterocycles. The Labute approximate surface area is 217 Å². The largest absolute Gasteiger partial charge is 0.451 e. The number of ether oxygens (including phenoxy) is 1. The average Bonchev–Trinajstić information content (AvgIpc) is 2.90. The lowest BCUT2D eigenvalue weighted by molar-refractivity contribution is -0.119. The first kappa shape index (κ1) is 24.2. The van der Waals surface area contributed by atoms with Crippen molar-refractivity contribution in [1.82, 2.24) is 9.55 Å². The van der Waals surface area contributed by atoms with Crippen molar-refractivity contribution in [2.75, 3.05) is 11.9 Å². The second-order valence-electron chi connectivity index (χ2n) is 8.59. The fraction of sp³-hybridized carbons (Fsp3) is 0.103. The minimum Gasteiger partial charge on any atom is -0.451 e. The number of para-hydroxylation sites is 1. The summed E-state index contributed by atoms with van der Waals surface area (Å²) >= 11 is 6.08. The van der Waals surface area contributed by atoms with Gasteiger partial charge in [0.1, 0.15) is 5.69 Å². The molecule has 5 aromatic rings. The van der Waals surface area contributed by atoms with E-state index in [9.17, 15) is 14.4 Å². The van der Waals surface area contributed by atoms with Crippen LogP contribution in [0.2, 0.25) is 5.02 Å². The SMILES string of the molecule is Cc1cc(NC(=O)COC(=O)c2c(-c3ccc(Cl)cc3)c3ccccc3c(=O)n2C)c2ccccc2n1. The zero-order valence-electron chi connectivity index (χ0n) is 20.1. The molecule has 0 radical (unpaired) electrons. The van der Waals surface area contributed by atoms with Gasteiger partial charge in [0.05, 0.1) is 11.2 Å². The van der Waals surface area contributed by atoms with Crippen LogP contribution in [-0.4, -0.2) is 28.0 Å². The number of carbonyl (C=O) groups is 2. The fourth-order valence-corrected chi connectivity index (χ4v) is 4.54. The third-order valence-corrected chi connectivity index (χ3v) is 6.33. The van der Waals surface area contributed by atoms with E-state index in [0.717, 1.165) is 16.6 Å². The molecule has 37 heavy (non-hydrogen) atoms. The third-order valence-electron chi connectivity index (χ3n) is 6.08. The Morgan fingerprint density at radius 2 is 1.59 bits per heavy atom. The van der Waals surface area contributed by atoms with Gasteiger partial charge in [-0.3, -0.25) is 14.6 Å². The number of nitrogens with zero attached hydrogens (tertiary/aromatic N) is 2. The lowest BCUT2D eigenvalue weighted by atomic mass is 9.97. The minimum atomic E-state index is -0.791. The Morgan fingerprint density at radius 3 is 2.32 bits per heavy atom. The summed E-state index contributed by atoms with van der Waals surface area (Å²) in [6.07, 6.45) is 0. The summed E-state index contributed by atoms with van der Waals surface area (Å²) < 4.78 is 6.68. The normalized spacial score (nSPS) is 11.0. The summed E-state index contributed by atoms with van der Waals surface area (Å²) in [5, 5.41) is 5.18. The highest BCUT2D eigenvalue weighted by atomic mass is 35.5. The molecule has 2 heterocycles. The van der Waals surface area contributed by atoms with Crippen molar-refractivity contribution in [3.8, 4) is 11.1 Å². The average molecular weight is 512 g/mol. The Balaban J connectivity index is 1.48. The number of halogens is 1.